The Labute approximate surface area is 222 Å². The van der Waals surface area contributed by atoms with E-state index in [1.807, 2.05) is 12.1 Å². The summed E-state index contributed by atoms with van der Waals surface area (Å²) in [6.45, 7) is 11.9. The first-order valence-electron chi connectivity index (χ1n) is 13.8. The van der Waals surface area contributed by atoms with Crippen LogP contribution in [0.5, 0.6) is 11.5 Å². The maximum atomic E-state index is 11.3. The molecule has 0 saturated carbocycles. The Balaban J connectivity index is 1.35. The van der Waals surface area contributed by atoms with Gasteiger partial charge in [0, 0.05) is 56.0 Å². The highest BCUT2D eigenvalue weighted by Crippen LogP contribution is 2.34. The van der Waals surface area contributed by atoms with Crippen molar-refractivity contribution in [2.75, 3.05) is 36.5 Å². The predicted molar refractivity (Wildman–Crippen MR) is 150 cm³/mol. The molecule has 4 rings (SSSR count). The maximum Gasteiger partial charge on any atom is 0.305 e. The summed E-state index contributed by atoms with van der Waals surface area (Å²) >= 11 is 0. The van der Waals surface area contributed by atoms with Crippen LogP contribution in [0.3, 0.4) is 0 Å². The van der Waals surface area contributed by atoms with Crippen molar-refractivity contribution in [2.24, 2.45) is 11.3 Å². The van der Waals surface area contributed by atoms with Gasteiger partial charge < -0.3 is 24.4 Å². The number of carboxylic acid groups (broad SMARTS) is 1. The van der Waals surface area contributed by atoms with Crippen LogP contribution >= 0.6 is 0 Å². The van der Waals surface area contributed by atoms with Crippen LogP contribution in [0.25, 0.3) is 0 Å². The third kappa shape index (κ3) is 7.33. The molecule has 6 nitrogen and oxygen atoms in total. The lowest BCUT2D eigenvalue weighted by molar-refractivity contribution is -0.137. The third-order valence-electron chi connectivity index (χ3n) is 7.72. The smallest absolute Gasteiger partial charge is 0.305 e. The van der Waals surface area contributed by atoms with Gasteiger partial charge in [-0.25, -0.2) is 0 Å². The van der Waals surface area contributed by atoms with E-state index in [0.717, 1.165) is 68.9 Å². The number of ether oxygens (including phenoxy) is 2. The van der Waals surface area contributed by atoms with Crippen LogP contribution in [0.1, 0.15) is 65.4 Å². The molecule has 202 valence electrons. The second-order valence-corrected chi connectivity index (χ2v) is 12.1. The van der Waals surface area contributed by atoms with Gasteiger partial charge in [0.15, 0.2) is 0 Å². The molecule has 2 heterocycles. The van der Waals surface area contributed by atoms with Crippen molar-refractivity contribution in [3.63, 3.8) is 0 Å². The van der Waals surface area contributed by atoms with Crippen LogP contribution in [-0.2, 0) is 11.2 Å². The molecule has 2 atom stereocenters. The van der Waals surface area contributed by atoms with E-state index < -0.39 is 5.97 Å². The normalized spacial score (nSPS) is 20.8. The average Bonchev–Trinajstić information content (AvgIpc) is 3.22. The van der Waals surface area contributed by atoms with Gasteiger partial charge in [-0.3, -0.25) is 4.79 Å². The van der Waals surface area contributed by atoms with E-state index in [1.54, 1.807) is 7.11 Å². The van der Waals surface area contributed by atoms with E-state index in [2.05, 4.69) is 67.8 Å². The van der Waals surface area contributed by atoms with Crippen LogP contribution < -0.4 is 19.3 Å². The molecule has 37 heavy (non-hydrogen) atoms. The summed E-state index contributed by atoms with van der Waals surface area (Å²) in [4.78, 5) is 16.0. The van der Waals surface area contributed by atoms with Gasteiger partial charge in [-0.2, -0.15) is 0 Å². The van der Waals surface area contributed by atoms with Gasteiger partial charge in [0.2, 0.25) is 0 Å². The summed E-state index contributed by atoms with van der Waals surface area (Å²) < 4.78 is 11.9. The number of piperidine rings is 1. The number of methoxy groups -OCH3 is 1. The van der Waals surface area contributed by atoms with E-state index in [4.69, 9.17) is 9.47 Å². The Kier molecular flexibility index (Phi) is 8.56. The van der Waals surface area contributed by atoms with Crippen LogP contribution in [-0.4, -0.2) is 50.0 Å². The minimum absolute atomic E-state index is 0.0634. The topological polar surface area (TPSA) is 62.2 Å². The van der Waals surface area contributed by atoms with Crippen LogP contribution in [0, 0.1) is 11.3 Å². The summed E-state index contributed by atoms with van der Waals surface area (Å²) in [5.41, 5.74) is 4.07. The van der Waals surface area contributed by atoms with Gasteiger partial charge in [0.05, 0.1) is 13.5 Å². The van der Waals surface area contributed by atoms with Crippen LogP contribution in [0.4, 0.5) is 11.4 Å². The first-order valence-corrected chi connectivity index (χ1v) is 13.8. The van der Waals surface area contributed by atoms with Gasteiger partial charge in [-0.15, -0.1) is 0 Å². The summed E-state index contributed by atoms with van der Waals surface area (Å²) in [6.07, 6.45) is 5.46. The molecule has 0 amide bonds. The number of carbonyl (C=O) groups is 1. The number of nitrogens with zero attached hydrogens (tertiary/aromatic N) is 2. The fourth-order valence-electron chi connectivity index (χ4n) is 5.67. The second-order valence-electron chi connectivity index (χ2n) is 12.1. The van der Waals surface area contributed by atoms with Crippen molar-refractivity contribution in [1.82, 2.24) is 0 Å². The summed E-state index contributed by atoms with van der Waals surface area (Å²) in [5, 5.41) is 9.29. The van der Waals surface area contributed by atoms with E-state index in [1.165, 1.54) is 11.3 Å². The third-order valence-corrected chi connectivity index (χ3v) is 7.72. The molecule has 0 bridgehead atoms. The first kappa shape index (κ1) is 27.2. The predicted octanol–water partition coefficient (Wildman–Crippen LogP) is 6.41. The SMILES string of the molecule is COc1ccc(CCC(C)(C)C)c(N2CCC(Oc3ccc(N4C[C@H](C)C[C@@H]4CC(=O)O)cc3)CC2)c1. The fraction of sp³-hybridized carbons (Fsp3) is 0.581. The van der Waals surface area contributed by atoms with E-state index in [0.29, 0.717) is 11.3 Å². The lowest BCUT2D eigenvalue weighted by Gasteiger charge is -2.35. The molecule has 2 fully saturated rings. The number of aryl methyl sites for hydroxylation is 1. The number of hydrogen-bond donors (Lipinski definition) is 1. The Bertz CT molecular complexity index is 1040. The van der Waals surface area contributed by atoms with E-state index >= 15 is 0 Å². The summed E-state index contributed by atoms with van der Waals surface area (Å²) in [5.74, 6) is 1.57. The monoisotopic (exact) mass is 508 g/mol. The number of hydrogen-bond acceptors (Lipinski definition) is 5. The average molecular weight is 509 g/mol. The Morgan fingerprint density at radius 3 is 2.35 bits per heavy atom. The minimum atomic E-state index is -0.731. The van der Waals surface area contributed by atoms with Gasteiger partial charge in [0.25, 0.3) is 0 Å². The van der Waals surface area contributed by atoms with Gasteiger partial charge >= 0.3 is 5.97 Å². The fourth-order valence-corrected chi connectivity index (χ4v) is 5.67. The van der Waals surface area contributed by atoms with Crippen molar-refractivity contribution in [3.8, 4) is 11.5 Å². The Hall–Kier alpha value is -2.89. The number of anilines is 2. The number of benzene rings is 2. The second kappa shape index (κ2) is 11.7. The Morgan fingerprint density at radius 1 is 1.05 bits per heavy atom. The number of aliphatic carboxylic acids is 1. The van der Waals surface area contributed by atoms with E-state index in [9.17, 15) is 9.90 Å². The highest BCUT2D eigenvalue weighted by Gasteiger charge is 2.31. The highest BCUT2D eigenvalue weighted by molar-refractivity contribution is 5.69. The molecule has 0 aliphatic carbocycles. The van der Waals surface area contributed by atoms with Crippen LogP contribution in [0.2, 0.25) is 0 Å². The van der Waals surface area contributed by atoms with E-state index in [-0.39, 0.29) is 18.6 Å². The molecular formula is C31H44N2O4. The first-order chi connectivity index (χ1) is 17.6. The largest absolute Gasteiger partial charge is 0.497 e. The molecule has 0 spiro atoms. The van der Waals surface area contributed by atoms with Crippen molar-refractivity contribution >= 4 is 17.3 Å². The molecule has 6 heteroatoms. The van der Waals surface area contributed by atoms with Gasteiger partial charge in [0.1, 0.15) is 17.6 Å². The quantitative estimate of drug-likeness (QED) is 0.422. The minimum Gasteiger partial charge on any atom is -0.497 e. The Morgan fingerprint density at radius 2 is 1.73 bits per heavy atom. The zero-order valence-electron chi connectivity index (χ0n) is 23.2. The van der Waals surface area contributed by atoms with Crippen molar-refractivity contribution in [2.45, 2.75) is 78.4 Å². The number of carboxylic acids is 1. The molecule has 0 unspecified atom stereocenters. The lowest BCUT2D eigenvalue weighted by atomic mass is 9.88. The maximum absolute atomic E-state index is 11.3. The molecule has 0 aromatic heterocycles. The van der Waals surface area contributed by atoms with Crippen molar-refractivity contribution in [1.29, 1.82) is 0 Å². The number of rotatable bonds is 9. The standard InChI is InChI=1S/C31H44N2O4/c1-22-18-25(19-30(34)35)33(21-22)24-7-10-26(11-8-24)37-27-13-16-32(17-14-27)29-20-28(36-5)9-6-23(29)12-15-31(2,3)4/h6-11,20,22,25,27H,12-19,21H2,1-5H3,(H,34,35)/t22-,25-/m1/s1. The molecule has 0 radical (unpaired) electrons. The zero-order valence-corrected chi connectivity index (χ0v) is 23.2. The molecule has 2 saturated heterocycles. The molecule has 1 N–H and O–H groups in total. The van der Waals surface area contributed by atoms with Crippen molar-refractivity contribution < 1.29 is 19.4 Å². The molecule has 2 aromatic carbocycles. The molecule has 2 aliphatic heterocycles. The summed E-state index contributed by atoms with van der Waals surface area (Å²) in [6, 6.07) is 14.8. The van der Waals surface area contributed by atoms with Crippen LogP contribution in [0.15, 0.2) is 42.5 Å². The molecule has 2 aliphatic rings. The van der Waals surface area contributed by atoms with Crippen molar-refractivity contribution in [3.05, 3.63) is 48.0 Å². The molecule has 2 aromatic rings. The summed E-state index contributed by atoms with van der Waals surface area (Å²) in [7, 11) is 1.73. The van der Waals surface area contributed by atoms with Gasteiger partial charge in [-0.1, -0.05) is 33.8 Å². The lowest BCUT2D eigenvalue weighted by Crippen LogP contribution is -2.38. The molecular weight excluding hydrogens is 464 g/mol. The zero-order chi connectivity index (χ0) is 26.6. The highest BCUT2D eigenvalue weighted by atomic mass is 16.5. The van der Waals surface area contributed by atoms with Gasteiger partial charge in [-0.05, 0) is 66.5 Å².